The first-order valence-electron chi connectivity index (χ1n) is 10.1. The van der Waals surface area contributed by atoms with Crippen molar-refractivity contribution in [2.45, 2.75) is 45.6 Å². The largest absolute Gasteiger partial charge is 0.381 e. The zero-order valence-corrected chi connectivity index (χ0v) is 16.5. The summed E-state index contributed by atoms with van der Waals surface area (Å²) in [7, 11) is 1.88. The van der Waals surface area contributed by atoms with Gasteiger partial charge in [-0.05, 0) is 44.7 Å². The second-order valence-electron chi connectivity index (χ2n) is 7.07. The van der Waals surface area contributed by atoms with E-state index < -0.39 is 0 Å². The number of hydrogen-bond acceptors (Lipinski definition) is 4. The third kappa shape index (κ3) is 6.76. The molecule has 0 aliphatic carbocycles. The van der Waals surface area contributed by atoms with Crippen LogP contribution in [-0.2, 0) is 9.47 Å². The smallest absolute Gasteiger partial charge is 0.193 e. The van der Waals surface area contributed by atoms with Crippen LogP contribution in [0.25, 0.3) is 0 Å². The standard InChI is InChI=1S/C19H38N4O2/c1-4-22(5-2)18-7-11-23(15-18)19(20-3)21-10-6-12-25-16-17-8-13-24-14-9-17/h17-18H,4-16H2,1-3H3,(H,20,21). The molecule has 1 N–H and O–H groups in total. The molecule has 0 bridgehead atoms. The summed E-state index contributed by atoms with van der Waals surface area (Å²) >= 11 is 0. The Labute approximate surface area is 153 Å². The average Bonchev–Trinajstić information content (AvgIpc) is 3.13. The summed E-state index contributed by atoms with van der Waals surface area (Å²) < 4.78 is 11.2. The van der Waals surface area contributed by atoms with Crippen LogP contribution in [-0.4, -0.2) is 88.0 Å². The SMILES string of the molecule is CCN(CC)C1CCN(C(=NC)NCCCOCC2CCOCC2)C1. The van der Waals surface area contributed by atoms with Gasteiger partial charge in [-0.3, -0.25) is 9.89 Å². The van der Waals surface area contributed by atoms with E-state index in [4.69, 9.17) is 9.47 Å². The van der Waals surface area contributed by atoms with Gasteiger partial charge in [-0.1, -0.05) is 13.8 Å². The highest BCUT2D eigenvalue weighted by molar-refractivity contribution is 5.80. The molecule has 0 radical (unpaired) electrons. The van der Waals surface area contributed by atoms with Crippen LogP contribution in [0.15, 0.2) is 4.99 Å². The average molecular weight is 355 g/mol. The first-order chi connectivity index (χ1) is 12.3. The van der Waals surface area contributed by atoms with Crippen molar-refractivity contribution in [1.82, 2.24) is 15.1 Å². The second kappa shape index (κ2) is 11.7. The Morgan fingerprint density at radius 2 is 2.00 bits per heavy atom. The van der Waals surface area contributed by atoms with Crippen molar-refractivity contribution in [3.63, 3.8) is 0 Å². The number of aliphatic imine (C=N–C) groups is 1. The van der Waals surface area contributed by atoms with Gasteiger partial charge in [-0.15, -0.1) is 0 Å². The van der Waals surface area contributed by atoms with Gasteiger partial charge in [-0.2, -0.15) is 0 Å². The molecule has 2 heterocycles. The van der Waals surface area contributed by atoms with E-state index in [0.29, 0.717) is 12.0 Å². The molecule has 0 aromatic carbocycles. The highest BCUT2D eigenvalue weighted by atomic mass is 16.5. The number of nitrogens with one attached hydrogen (secondary N) is 1. The Morgan fingerprint density at radius 1 is 1.24 bits per heavy atom. The molecule has 2 fully saturated rings. The van der Waals surface area contributed by atoms with Crippen LogP contribution in [0.1, 0.15) is 39.5 Å². The van der Waals surface area contributed by atoms with Crippen molar-refractivity contribution in [1.29, 1.82) is 0 Å². The van der Waals surface area contributed by atoms with Crippen molar-refractivity contribution < 1.29 is 9.47 Å². The lowest BCUT2D eigenvalue weighted by atomic mass is 10.0. The number of nitrogens with zero attached hydrogens (tertiary/aromatic N) is 3. The van der Waals surface area contributed by atoms with Crippen LogP contribution in [0, 0.1) is 5.92 Å². The lowest BCUT2D eigenvalue weighted by molar-refractivity contribution is 0.0203. The number of ether oxygens (including phenoxy) is 2. The van der Waals surface area contributed by atoms with Crippen molar-refractivity contribution in [3.05, 3.63) is 0 Å². The minimum Gasteiger partial charge on any atom is -0.381 e. The molecule has 0 aromatic rings. The molecular weight excluding hydrogens is 316 g/mol. The predicted octanol–water partition coefficient (Wildman–Crippen LogP) is 1.81. The van der Waals surface area contributed by atoms with Crippen LogP contribution >= 0.6 is 0 Å². The number of likely N-dealkylation sites (tertiary alicyclic amines) is 1. The molecule has 1 atom stereocenters. The molecule has 6 heteroatoms. The van der Waals surface area contributed by atoms with E-state index in [9.17, 15) is 0 Å². The maximum absolute atomic E-state index is 5.84. The van der Waals surface area contributed by atoms with E-state index in [0.717, 1.165) is 84.4 Å². The molecule has 0 saturated carbocycles. The molecule has 2 rings (SSSR count). The molecule has 2 saturated heterocycles. The number of hydrogen-bond donors (Lipinski definition) is 1. The summed E-state index contributed by atoms with van der Waals surface area (Å²) in [6.07, 6.45) is 4.55. The monoisotopic (exact) mass is 354 g/mol. The topological polar surface area (TPSA) is 49.3 Å². The first-order valence-corrected chi connectivity index (χ1v) is 10.1. The summed E-state index contributed by atoms with van der Waals surface area (Å²) in [5.74, 6) is 1.73. The molecule has 2 aliphatic heterocycles. The van der Waals surface area contributed by atoms with Crippen molar-refractivity contribution >= 4 is 5.96 Å². The lowest BCUT2D eigenvalue weighted by Crippen LogP contribution is -2.43. The third-order valence-corrected chi connectivity index (χ3v) is 5.45. The summed E-state index contributed by atoms with van der Waals surface area (Å²) in [5.41, 5.74) is 0. The zero-order valence-electron chi connectivity index (χ0n) is 16.5. The minimum absolute atomic E-state index is 0.663. The van der Waals surface area contributed by atoms with Gasteiger partial charge in [0.25, 0.3) is 0 Å². The van der Waals surface area contributed by atoms with Crippen LogP contribution in [0.3, 0.4) is 0 Å². The van der Waals surface area contributed by atoms with Crippen molar-refractivity contribution in [2.75, 3.05) is 66.2 Å². The van der Waals surface area contributed by atoms with Gasteiger partial charge in [0, 0.05) is 59.2 Å². The molecule has 0 aromatic heterocycles. The number of rotatable bonds is 9. The minimum atomic E-state index is 0.663. The highest BCUT2D eigenvalue weighted by Gasteiger charge is 2.27. The fourth-order valence-electron chi connectivity index (χ4n) is 3.84. The van der Waals surface area contributed by atoms with E-state index >= 15 is 0 Å². The van der Waals surface area contributed by atoms with E-state index in [2.05, 4.69) is 34.0 Å². The molecule has 6 nitrogen and oxygen atoms in total. The fourth-order valence-corrected chi connectivity index (χ4v) is 3.84. The molecule has 25 heavy (non-hydrogen) atoms. The van der Waals surface area contributed by atoms with Crippen LogP contribution in [0.4, 0.5) is 0 Å². The molecule has 2 aliphatic rings. The van der Waals surface area contributed by atoms with Gasteiger partial charge in [0.05, 0.1) is 0 Å². The van der Waals surface area contributed by atoms with Crippen LogP contribution in [0.2, 0.25) is 0 Å². The Hall–Kier alpha value is -0.850. The normalized spacial score (nSPS) is 22.8. The lowest BCUT2D eigenvalue weighted by Gasteiger charge is -2.27. The van der Waals surface area contributed by atoms with E-state index in [1.807, 2.05) is 7.05 Å². The Balaban J connectivity index is 1.57. The maximum atomic E-state index is 5.84. The second-order valence-corrected chi connectivity index (χ2v) is 7.07. The molecule has 1 unspecified atom stereocenters. The van der Waals surface area contributed by atoms with Gasteiger partial charge in [-0.25, -0.2) is 0 Å². The van der Waals surface area contributed by atoms with Gasteiger partial charge in [0.15, 0.2) is 5.96 Å². The Kier molecular flexibility index (Phi) is 9.58. The van der Waals surface area contributed by atoms with E-state index in [-0.39, 0.29) is 0 Å². The molecule has 146 valence electrons. The zero-order chi connectivity index (χ0) is 17.9. The van der Waals surface area contributed by atoms with Gasteiger partial charge < -0.3 is 19.7 Å². The molecule has 0 amide bonds. The Bertz CT molecular complexity index is 382. The van der Waals surface area contributed by atoms with Gasteiger partial charge in [0.1, 0.15) is 0 Å². The number of likely N-dealkylation sites (N-methyl/N-ethyl adjacent to an activating group) is 1. The van der Waals surface area contributed by atoms with Gasteiger partial charge in [0.2, 0.25) is 0 Å². The van der Waals surface area contributed by atoms with Crippen LogP contribution in [0.5, 0.6) is 0 Å². The maximum Gasteiger partial charge on any atom is 0.193 e. The summed E-state index contributed by atoms with van der Waals surface area (Å²) in [6.45, 7) is 13.4. The highest BCUT2D eigenvalue weighted by Crippen LogP contribution is 2.16. The van der Waals surface area contributed by atoms with Crippen molar-refractivity contribution in [3.8, 4) is 0 Å². The Morgan fingerprint density at radius 3 is 2.68 bits per heavy atom. The molecular formula is C19H38N4O2. The van der Waals surface area contributed by atoms with E-state index in [1.54, 1.807) is 0 Å². The number of guanidine groups is 1. The first kappa shape index (κ1) is 20.5. The van der Waals surface area contributed by atoms with Gasteiger partial charge >= 0.3 is 0 Å². The summed E-state index contributed by atoms with van der Waals surface area (Å²) in [6, 6.07) is 0.663. The van der Waals surface area contributed by atoms with Crippen molar-refractivity contribution in [2.24, 2.45) is 10.9 Å². The van der Waals surface area contributed by atoms with E-state index in [1.165, 1.54) is 6.42 Å². The predicted molar refractivity (Wildman–Crippen MR) is 103 cm³/mol. The third-order valence-electron chi connectivity index (χ3n) is 5.45. The summed E-state index contributed by atoms with van der Waals surface area (Å²) in [5, 5.41) is 3.50. The summed E-state index contributed by atoms with van der Waals surface area (Å²) in [4.78, 5) is 9.41. The molecule has 0 spiro atoms. The van der Waals surface area contributed by atoms with Crippen LogP contribution < -0.4 is 5.32 Å². The fraction of sp³-hybridized carbons (Fsp3) is 0.947. The quantitative estimate of drug-likeness (QED) is 0.389.